The van der Waals surface area contributed by atoms with E-state index in [1.165, 1.54) is 6.20 Å². The first-order valence-corrected chi connectivity index (χ1v) is 2.94. The Morgan fingerprint density at radius 2 is 2.45 bits per heavy atom. The summed E-state index contributed by atoms with van der Waals surface area (Å²) in [5.41, 5.74) is 0. The molecule has 1 atom stereocenters. The van der Waals surface area contributed by atoms with E-state index in [2.05, 4.69) is 4.98 Å². The van der Waals surface area contributed by atoms with Gasteiger partial charge in [0, 0.05) is 0 Å². The molecular formula is C6H7NO4. The van der Waals surface area contributed by atoms with Crippen molar-refractivity contribution >= 4 is 5.97 Å². The lowest BCUT2D eigenvalue weighted by molar-refractivity contribution is -0.148. The summed E-state index contributed by atoms with van der Waals surface area (Å²) < 4.78 is 4.76. The first-order chi connectivity index (χ1) is 5.11. The lowest BCUT2D eigenvalue weighted by Crippen LogP contribution is -2.10. The Morgan fingerprint density at radius 1 is 1.82 bits per heavy atom. The molecule has 2 N–H and O–H groups in total. The van der Waals surface area contributed by atoms with E-state index in [9.17, 15) is 4.79 Å². The molecule has 0 aliphatic rings. The van der Waals surface area contributed by atoms with Crippen molar-refractivity contribution in [2.24, 2.45) is 0 Å². The van der Waals surface area contributed by atoms with E-state index in [1.807, 2.05) is 0 Å². The minimum atomic E-state index is -1.66. The second-order valence-corrected chi connectivity index (χ2v) is 2.05. The maximum absolute atomic E-state index is 10.2. The Balaban J connectivity index is 2.84. The van der Waals surface area contributed by atoms with Crippen LogP contribution in [0.4, 0.5) is 0 Å². The maximum atomic E-state index is 10.2. The molecule has 0 saturated heterocycles. The third-order valence-corrected chi connectivity index (χ3v) is 1.11. The van der Waals surface area contributed by atoms with Crippen molar-refractivity contribution in [3.63, 3.8) is 0 Å². The van der Waals surface area contributed by atoms with E-state index in [0.717, 1.165) is 0 Å². The Labute approximate surface area is 62.3 Å². The number of carbonyl (C=O) groups is 1. The van der Waals surface area contributed by atoms with Gasteiger partial charge in [0.2, 0.25) is 12.0 Å². The summed E-state index contributed by atoms with van der Waals surface area (Å²) in [7, 11) is 0. The number of nitrogens with zero attached hydrogens (tertiary/aromatic N) is 1. The summed E-state index contributed by atoms with van der Waals surface area (Å²) in [5, 5.41) is 17.2. The fourth-order valence-corrected chi connectivity index (χ4v) is 0.604. The van der Waals surface area contributed by atoms with Crippen molar-refractivity contribution in [2.45, 2.75) is 13.0 Å². The largest absolute Gasteiger partial charge is 0.479 e. The summed E-state index contributed by atoms with van der Waals surface area (Å²) in [6, 6.07) is 0. The van der Waals surface area contributed by atoms with Crippen molar-refractivity contribution in [1.29, 1.82) is 0 Å². The first kappa shape index (κ1) is 7.74. The summed E-state index contributed by atoms with van der Waals surface area (Å²) in [4.78, 5) is 13.7. The zero-order chi connectivity index (χ0) is 8.43. The highest BCUT2D eigenvalue weighted by atomic mass is 16.4. The molecule has 0 bridgehead atoms. The second kappa shape index (κ2) is 2.71. The molecule has 0 fully saturated rings. The number of hydrogen-bond donors (Lipinski definition) is 2. The van der Waals surface area contributed by atoms with Crippen LogP contribution in [0.3, 0.4) is 0 Å². The highest BCUT2D eigenvalue weighted by Gasteiger charge is 2.20. The van der Waals surface area contributed by atoms with Crippen LogP contribution in [-0.4, -0.2) is 21.2 Å². The van der Waals surface area contributed by atoms with Gasteiger partial charge in [0.1, 0.15) is 5.76 Å². The van der Waals surface area contributed by atoms with Crippen molar-refractivity contribution < 1.29 is 19.4 Å². The normalized spacial score (nSPS) is 12.9. The average Bonchev–Trinajstić information content (AvgIpc) is 2.34. The van der Waals surface area contributed by atoms with E-state index in [0.29, 0.717) is 5.76 Å². The molecule has 0 aliphatic carbocycles. The molecule has 1 unspecified atom stereocenters. The first-order valence-electron chi connectivity index (χ1n) is 2.94. The molecule has 0 amide bonds. The average molecular weight is 157 g/mol. The maximum Gasteiger partial charge on any atom is 0.342 e. The second-order valence-electron chi connectivity index (χ2n) is 2.05. The number of hydrogen-bond acceptors (Lipinski definition) is 4. The number of carboxylic acids is 1. The quantitative estimate of drug-likeness (QED) is 0.636. The minimum Gasteiger partial charge on any atom is -0.479 e. The van der Waals surface area contributed by atoms with E-state index in [1.54, 1.807) is 6.92 Å². The van der Waals surface area contributed by atoms with E-state index >= 15 is 0 Å². The van der Waals surface area contributed by atoms with Gasteiger partial charge < -0.3 is 14.6 Å². The lowest BCUT2D eigenvalue weighted by Gasteiger charge is -1.97. The molecule has 0 saturated carbocycles. The highest BCUT2D eigenvalue weighted by molar-refractivity contribution is 5.72. The Morgan fingerprint density at radius 3 is 2.82 bits per heavy atom. The third kappa shape index (κ3) is 1.56. The number of carboxylic acid groups (broad SMARTS) is 1. The monoisotopic (exact) mass is 157 g/mol. The number of aliphatic hydroxyl groups excluding tert-OH is 1. The molecule has 60 valence electrons. The third-order valence-electron chi connectivity index (χ3n) is 1.11. The van der Waals surface area contributed by atoms with Gasteiger partial charge in [-0.2, -0.15) is 0 Å². The molecular weight excluding hydrogens is 150 g/mol. The molecule has 0 spiro atoms. The van der Waals surface area contributed by atoms with Crippen molar-refractivity contribution in [1.82, 2.24) is 4.98 Å². The van der Waals surface area contributed by atoms with Gasteiger partial charge in [-0.1, -0.05) is 0 Å². The van der Waals surface area contributed by atoms with Crippen LogP contribution in [0.5, 0.6) is 0 Å². The number of aromatic nitrogens is 1. The van der Waals surface area contributed by atoms with Gasteiger partial charge in [-0.3, -0.25) is 0 Å². The molecule has 0 aliphatic heterocycles. The van der Waals surface area contributed by atoms with E-state index in [4.69, 9.17) is 14.6 Å². The fourth-order valence-electron chi connectivity index (χ4n) is 0.604. The topological polar surface area (TPSA) is 83.6 Å². The molecule has 11 heavy (non-hydrogen) atoms. The summed E-state index contributed by atoms with van der Waals surface area (Å²) in [5.74, 6) is -1.08. The standard InChI is InChI=1S/C6H7NO4/c1-3-2-7-5(11-3)4(8)6(9)10/h2,4,8H,1H3,(H,9,10). The van der Waals surface area contributed by atoms with Crippen molar-refractivity contribution in [2.75, 3.05) is 0 Å². The molecule has 1 aromatic rings. The van der Waals surface area contributed by atoms with Gasteiger partial charge >= 0.3 is 5.97 Å². The van der Waals surface area contributed by atoms with Crippen LogP contribution < -0.4 is 0 Å². The molecule has 5 nitrogen and oxygen atoms in total. The van der Waals surface area contributed by atoms with Crippen LogP contribution in [0.2, 0.25) is 0 Å². The van der Waals surface area contributed by atoms with Gasteiger partial charge in [0.25, 0.3) is 0 Å². The smallest absolute Gasteiger partial charge is 0.342 e. The van der Waals surface area contributed by atoms with Crippen LogP contribution in [0.15, 0.2) is 10.6 Å². The lowest BCUT2D eigenvalue weighted by atomic mass is 10.4. The van der Waals surface area contributed by atoms with E-state index in [-0.39, 0.29) is 5.89 Å². The summed E-state index contributed by atoms with van der Waals surface area (Å²) in [6.45, 7) is 1.62. The van der Waals surface area contributed by atoms with Gasteiger partial charge in [-0.25, -0.2) is 9.78 Å². The molecule has 5 heteroatoms. The number of aryl methyl sites for hydroxylation is 1. The molecule has 1 aromatic heterocycles. The predicted molar refractivity (Wildman–Crippen MR) is 33.8 cm³/mol. The molecule has 0 radical (unpaired) electrons. The van der Waals surface area contributed by atoms with Gasteiger partial charge in [-0.05, 0) is 6.92 Å². The van der Waals surface area contributed by atoms with Crippen LogP contribution in [-0.2, 0) is 4.79 Å². The Bertz CT molecular complexity index is 267. The van der Waals surface area contributed by atoms with Crippen LogP contribution in [0, 0.1) is 6.92 Å². The van der Waals surface area contributed by atoms with Crippen LogP contribution in [0.1, 0.15) is 17.8 Å². The van der Waals surface area contributed by atoms with Crippen LogP contribution in [0.25, 0.3) is 0 Å². The number of oxazole rings is 1. The Kier molecular flexibility index (Phi) is 1.91. The zero-order valence-corrected chi connectivity index (χ0v) is 5.81. The predicted octanol–water partition coefficient (Wildman–Crippen LogP) is 0.101. The summed E-state index contributed by atoms with van der Waals surface area (Å²) >= 11 is 0. The van der Waals surface area contributed by atoms with Crippen LogP contribution >= 0.6 is 0 Å². The van der Waals surface area contributed by atoms with Gasteiger partial charge in [0.05, 0.1) is 6.20 Å². The summed E-state index contributed by atoms with van der Waals surface area (Å²) in [6.07, 6.45) is -0.315. The molecule has 1 rings (SSSR count). The van der Waals surface area contributed by atoms with Gasteiger partial charge in [0.15, 0.2) is 0 Å². The van der Waals surface area contributed by atoms with E-state index < -0.39 is 12.1 Å². The van der Waals surface area contributed by atoms with Crippen molar-refractivity contribution in [3.8, 4) is 0 Å². The van der Waals surface area contributed by atoms with Gasteiger partial charge in [-0.15, -0.1) is 0 Å². The zero-order valence-electron chi connectivity index (χ0n) is 5.81. The minimum absolute atomic E-state index is 0.185. The number of rotatable bonds is 2. The highest BCUT2D eigenvalue weighted by Crippen LogP contribution is 2.11. The number of aliphatic hydroxyl groups is 1. The Hall–Kier alpha value is -1.36. The molecule has 0 aromatic carbocycles. The van der Waals surface area contributed by atoms with Crippen molar-refractivity contribution in [3.05, 3.63) is 17.8 Å². The fraction of sp³-hybridized carbons (Fsp3) is 0.333. The number of aliphatic carboxylic acids is 1. The SMILES string of the molecule is Cc1cnc(C(O)C(=O)O)o1. The molecule has 1 heterocycles.